The Morgan fingerprint density at radius 3 is 2.61 bits per heavy atom. The Labute approximate surface area is 137 Å². The topological polar surface area (TPSA) is 55.4 Å². The summed E-state index contributed by atoms with van der Waals surface area (Å²) in [5.74, 6) is 1.29. The van der Waals surface area contributed by atoms with Crippen LogP contribution >= 0.6 is 0 Å². The number of ketones is 1. The molecule has 0 heterocycles. The Bertz CT molecular complexity index is 568. The number of benzene rings is 1. The van der Waals surface area contributed by atoms with Gasteiger partial charge in [0.25, 0.3) is 0 Å². The predicted octanol–water partition coefficient (Wildman–Crippen LogP) is 3.81. The van der Waals surface area contributed by atoms with Gasteiger partial charge in [0.15, 0.2) is 0 Å². The van der Waals surface area contributed by atoms with Gasteiger partial charge in [-0.25, -0.2) is 0 Å². The molecule has 0 aromatic heterocycles. The molecule has 2 atom stereocenters. The largest absolute Gasteiger partial charge is 0.491 e. The Kier molecular flexibility index (Phi) is 4.99. The van der Waals surface area contributed by atoms with Gasteiger partial charge in [-0.15, -0.1) is 0 Å². The third-order valence-corrected chi connectivity index (χ3v) is 5.03. The van der Waals surface area contributed by atoms with Crippen LogP contribution in [0.15, 0.2) is 24.3 Å². The number of amides is 1. The second kappa shape index (κ2) is 7.16. The number of anilines is 1. The number of carbonyl (C=O) groups is 2. The normalized spacial score (nSPS) is 26.7. The molecule has 124 valence electrons. The summed E-state index contributed by atoms with van der Waals surface area (Å²) in [6, 6.07) is 7.56. The van der Waals surface area contributed by atoms with Crippen molar-refractivity contribution in [3.63, 3.8) is 0 Å². The van der Waals surface area contributed by atoms with Crippen molar-refractivity contribution in [2.45, 2.75) is 45.4 Å². The van der Waals surface area contributed by atoms with Crippen LogP contribution in [0.1, 0.15) is 45.4 Å². The highest BCUT2D eigenvalue weighted by Gasteiger charge is 2.41. The van der Waals surface area contributed by atoms with E-state index in [1.807, 2.05) is 24.3 Å². The van der Waals surface area contributed by atoms with Crippen LogP contribution in [-0.4, -0.2) is 18.3 Å². The first kappa shape index (κ1) is 16.0. The van der Waals surface area contributed by atoms with E-state index >= 15 is 0 Å². The molecular formula is C19H25NO3. The first-order valence-corrected chi connectivity index (χ1v) is 8.75. The molecule has 3 rings (SSSR count). The van der Waals surface area contributed by atoms with Crippen molar-refractivity contribution in [3.8, 4) is 5.75 Å². The maximum atomic E-state index is 12.7. The molecule has 4 heteroatoms. The van der Waals surface area contributed by atoms with Gasteiger partial charge in [0.1, 0.15) is 11.5 Å². The highest BCUT2D eigenvalue weighted by atomic mass is 16.5. The summed E-state index contributed by atoms with van der Waals surface area (Å²) in [6.45, 7) is 2.69. The molecule has 2 aliphatic rings. The molecule has 1 amide bonds. The zero-order valence-electron chi connectivity index (χ0n) is 13.7. The molecule has 23 heavy (non-hydrogen) atoms. The number of hydrogen-bond donors (Lipinski definition) is 1. The number of ether oxygens (including phenoxy) is 1. The summed E-state index contributed by atoms with van der Waals surface area (Å²) in [5, 5.41) is 3.02. The first-order chi connectivity index (χ1) is 11.2. The zero-order chi connectivity index (χ0) is 16.2. The highest BCUT2D eigenvalue weighted by Crippen LogP contribution is 2.40. The van der Waals surface area contributed by atoms with Gasteiger partial charge in [0.05, 0.1) is 12.3 Å². The average Bonchev–Trinajstić information content (AvgIpc) is 2.53. The first-order valence-electron chi connectivity index (χ1n) is 8.75. The molecular weight excluding hydrogens is 290 g/mol. The van der Waals surface area contributed by atoms with E-state index in [0.29, 0.717) is 25.2 Å². The van der Waals surface area contributed by atoms with Gasteiger partial charge < -0.3 is 10.1 Å². The Morgan fingerprint density at radius 1 is 1.22 bits per heavy atom. The van der Waals surface area contributed by atoms with Crippen molar-refractivity contribution < 1.29 is 14.3 Å². The molecule has 2 fully saturated rings. The minimum Gasteiger partial charge on any atom is -0.491 e. The molecule has 2 unspecified atom stereocenters. The second-order valence-electron chi connectivity index (χ2n) is 6.73. The molecule has 0 aliphatic heterocycles. The average molecular weight is 315 g/mol. The fourth-order valence-corrected chi connectivity index (χ4v) is 3.84. The lowest BCUT2D eigenvalue weighted by molar-refractivity contribution is -0.136. The number of fused-ring (bicyclic) bond motifs is 2. The lowest BCUT2D eigenvalue weighted by atomic mass is 9.67. The summed E-state index contributed by atoms with van der Waals surface area (Å²) in [7, 11) is 0. The summed E-state index contributed by atoms with van der Waals surface area (Å²) >= 11 is 0. The number of Topliss-reactive ketones (excluding diaryl/α,β-unsaturated/α-hetero) is 1. The molecule has 1 aromatic carbocycles. The Balaban J connectivity index is 1.67. The molecule has 2 saturated carbocycles. The summed E-state index contributed by atoms with van der Waals surface area (Å²) < 4.78 is 5.70. The van der Waals surface area contributed by atoms with E-state index < -0.39 is 0 Å². The lowest BCUT2D eigenvalue weighted by Crippen LogP contribution is -2.40. The molecule has 0 spiro atoms. The summed E-state index contributed by atoms with van der Waals surface area (Å²) in [6.07, 6.45) is 5.38. The van der Waals surface area contributed by atoms with E-state index in [4.69, 9.17) is 4.74 Å². The van der Waals surface area contributed by atoms with Gasteiger partial charge in [0.2, 0.25) is 5.91 Å². The van der Waals surface area contributed by atoms with E-state index in [1.165, 1.54) is 0 Å². The molecule has 2 aliphatic carbocycles. The van der Waals surface area contributed by atoms with Crippen molar-refractivity contribution in [1.29, 1.82) is 0 Å². The van der Waals surface area contributed by atoms with Gasteiger partial charge in [-0.2, -0.15) is 0 Å². The SMILES string of the molecule is CCCOc1ccccc1NC(=O)C1CC2CCCC(C1)C2=O. The highest BCUT2D eigenvalue weighted by molar-refractivity contribution is 5.96. The number of nitrogens with one attached hydrogen (secondary N) is 1. The maximum Gasteiger partial charge on any atom is 0.227 e. The van der Waals surface area contributed by atoms with E-state index in [2.05, 4.69) is 12.2 Å². The molecule has 0 saturated heterocycles. The van der Waals surface area contributed by atoms with Crippen LogP contribution < -0.4 is 10.1 Å². The van der Waals surface area contributed by atoms with Gasteiger partial charge in [-0.3, -0.25) is 9.59 Å². The van der Waals surface area contributed by atoms with E-state index in [9.17, 15) is 9.59 Å². The van der Waals surface area contributed by atoms with Gasteiger partial charge in [0, 0.05) is 17.8 Å². The van der Waals surface area contributed by atoms with Gasteiger partial charge >= 0.3 is 0 Å². The minimum absolute atomic E-state index is 0.0296. The van der Waals surface area contributed by atoms with Crippen LogP contribution in [0.25, 0.3) is 0 Å². The maximum absolute atomic E-state index is 12.7. The molecule has 2 bridgehead atoms. The fraction of sp³-hybridized carbons (Fsp3) is 0.579. The van der Waals surface area contributed by atoms with Gasteiger partial charge in [-0.1, -0.05) is 25.5 Å². The van der Waals surface area contributed by atoms with Crippen molar-refractivity contribution in [2.75, 3.05) is 11.9 Å². The molecule has 1 aromatic rings. The van der Waals surface area contributed by atoms with Crippen molar-refractivity contribution in [1.82, 2.24) is 0 Å². The Hall–Kier alpha value is -1.84. The quantitative estimate of drug-likeness (QED) is 0.899. The number of carbonyl (C=O) groups excluding carboxylic acids is 2. The Morgan fingerprint density at radius 2 is 1.91 bits per heavy atom. The van der Waals surface area contributed by atoms with Crippen LogP contribution in [0.5, 0.6) is 5.75 Å². The minimum atomic E-state index is -0.0535. The van der Waals surface area contributed by atoms with Crippen LogP contribution in [-0.2, 0) is 9.59 Å². The summed E-state index contributed by atoms with van der Waals surface area (Å²) in [5.41, 5.74) is 0.730. The molecule has 1 N–H and O–H groups in total. The predicted molar refractivity (Wildman–Crippen MR) is 89.4 cm³/mol. The molecule has 4 nitrogen and oxygen atoms in total. The number of para-hydroxylation sites is 2. The second-order valence-corrected chi connectivity index (χ2v) is 6.73. The lowest BCUT2D eigenvalue weighted by Gasteiger charge is -2.37. The smallest absolute Gasteiger partial charge is 0.227 e. The van der Waals surface area contributed by atoms with Gasteiger partial charge in [-0.05, 0) is 44.2 Å². The standard InChI is InChI=1S/C19H25NO3/c1-2-10-23-17-9-4-3-8-16(17)20-19(22)15-11-13-6-5-7-14(12-15)18(13)21/h3-4,8-9,13-15H,2,5-7,10-12H2,1H3,(H,20,22). The number of rotatable bonds is 5. The third kappa shape index (κ3) is 3.57. The van der Waals surface area contributed by atoms with Crippen LogP contribution in [0, 0.1) is 17.8 Å². The molecule has 0 radical (unpaired) electrons. The van der Waals surface area contributed by atoms with Crippen molar-refractivity contribution in [3.05, 3.63) is 24.3 Å². The van der Waals surface area contributed by atoms with E-state index in [-0.39, 0.29) is 23.7 Å². The van der Waals surface area contributed by atoms with E-state index in [1.54, 1.807) is 0 Å². The van der Waals surface area contributed by atoms with Crippen molar-refractivity contribution >= 4 is 17.4 Å². The summed E-state index contributed by atoms with van der Waals surface area (Å²) in [4.78, 5) is 24.8. The monoisotopic (exact) mass is 315 g/mol. The van der Waals surface area contributed by atoms with Crippen LogP contribution in [0.4, 0.5) is 5.69 Å². The van der Waals surface area contributed by atoms with Crippen molar-refractivity contribution in [2.24, 2.45) is 17.8 Å². The third-order valence-electron chi connectivity index (χ3n) is 5.03. The fourth-order valence-electron chi connectivity index (χ4n) is 3.84. The van der Waals surface area contributed by atoms with Crippen LogP contribution in [0.2, 0.25) is 0 Å². The zero-order valence-corrected chi connectivity index (χ0v) is 13.7. The van der Waals surface area contributed by atoms with Crippen LogP contribution in [0.3, 0.4) is 0 Å². The number of hydrogen-bond acceptors (Lipinski definition) is 3. The van der Waals surface area contributed by atoms with E-state index in [0.717, 1.165) is 37.1 Å².